The number of rotatable bonds is 8. The van der Waals surface area contributed by atoms with Gasteiger partial charge in [-0.3, -0.25) is 0 Å². The highest BCUT2D eigenvalue weighted by atomic mass is 15.1. The van der Waals surface area contributed by atoms with E-state index in [1.165, 1.54) is 69.4 Å². The van der Waals surface area contributed by atoms with Crippen molar-refractivity contribution in [3.05, 3.63) is 29.3 Å². The molecular weight excluding hydrogens is 256 g/mol. The van der Waals surface area contributed by atoms with Crippen LogP contribution in [0.25, 0.3) is 0 Å². The molecule has 21 heavy (non-hydrogen) atoms. The maximum absolute atomic E-state index is 3.49. The van der Waals surface area contributed by atoms with Gasteiger partial charge < -0.3 is 10.2 Å². The van der Waals surface area contributed by atoms with Crippen LogP contribution in [-0.4, -0.2) is 25.7 Å². The van der Waals surface area contributed by atoms with E-state index in [1.807, 2.05) is 0 Å². The van der Waals surface area contributed by atoms with Crippen molar-refractivity contribution in [2.45, 2.75) is 65.3 Å². The second-order valence-electron chi connectivity index (χ2n) is 6.75. The first-order valence-electron chi connectivity index (χ1n) is 8.74. The second kappa shape index (κ2) is 8.43. The highest BCUT2D eigenvalue weighted by Crippen LogP contribution is 2.28. The van der Waals surface area contributed by atoms with Crippen molar-refractivity contribution in [2.75, 3.05) is 24.5 Å². The molecule has 0 atom stereocenters. The smallest absolute Gasteiger partial charge is 0.0398 e. The third kappa shape index (κ3) is 5.35. The lowest BCUT2D eigenvalue weighted by molar-refractivity contribution is 0.538. The molecule has 2 nitrogen and oxygen atoms in total. The molecule has 0 saturated carbocycles. The van der Waals surface area contributed by atoms with E-state index in [0.29, 0.717) is 6.04 Å². The summed E-state index contributed by atoms with van der Waals surface area (Å²) in [5.74, 6) is 0. The summed E-state index contributed by atoms with van der Waals surface area (Å²) in [6, 6.07) is 7.59. The Morgan fingerprint density at radius 2 is 1.95 bits per heavy atom. The fourth-order valence-corrected chi connectivity index (χ4v) is 3.21. The van der Waals surface area contributed by atoms with E-state index in [1.54, 1.807) is 5.56 Å². The van der Waals surface area contributed by atoms with Gasteiger partial charge in [-0.1, -0.05) is 44.4 Å². The van der Waals surface area contributed by atoms with Gasteiger partial charge in [0.2, 0.25) is 0 Å². The largest absolute Gasteiger partial charge is 0.371 e. The van der Waals surface area contributed by atoms with E-state index >= 15 is 0 Å². The zero-order chi connectivity index (χ0) is 15.1. The Morgan fingerprint density at radius 1 is 1.14 bits per heavy atom. The van der Waals surface area contributed by atoms with Crippen molar-refractivity contribution in [1.29, 1.82) is 0 Å². The molecule has 1 aromatic carbocycles. The number of nitrogens with one attached hydrogen (secondary N) is 1. The van der Waals surface area contributed by atoms with Gasteiger partial charge >= 0.3 is 0 Å². The first kappa shape index (κ1) is 16.4. The van der Waals surface area contributed by atoms with Crippen LogP contribution in [0.4, 0.5) is 5.69 Å². The minimum atomic E-state index is 0.623. The molecule has 1 aliphatic heterocycles. The number of anilines is 1. The van der Waals surface area contributed by atoms with Crippen molar-refractivity contribution >= 4 is 5.69 Å². The molecule has 0 saturated heterocycles. The monoisotopic (exact) mass is 288 g/mol. The molecule has 0 bridgehead atoms. The molecule has 0 amide bonds. The van der Waals surface area contributed by atoms with Gasteiger partial charge in [0.15, 0.2) is 0 Å². The Hall–Kier alpha value is -1.02. The number of nitrogens with zero attached hydrogens (tertiary/aromatic N) is 1. The van der Waals surface area contributed by atoms with Crippen LogP contribution >= 0.6 is 0 Å². The molecular formula is C19H32N2. The quantitative estimate of drug-likeness (QED) is 0.717. The Bertz CT molecular complexity index is 426. The molecule has 1 aromatic rings. The molecule has 2 heteroatoms. The van der Waals surface area contributed by atoms with Gasteiger partial charge in [-0.15, -0.1) is 0 Å². The maximum atomic E-state index is 3.49. The summed E-state index contributed by atoms with van der Waals surface area (Å²) in [7, 11) is 0. The maximum Gasteiger partial charge on any atom is 0.0398 e. The molecule has 1 N–H and O–H groups in total. The number of aryl methyl sites for hydroxylation is 2. The van der Waals surface area contributed by atoms with Crippen LogP contribution in [0, 0.1) is 6.92 Å². The highest BCUT2D eigenvalue weighted by molar-refractivity contribution is 5.56. The lowest BCUT2D eigenvalue weighted by Crippen LogP contribution is -2.30. The minimum Gasteiger partial charge on any atom is -0.371 e. The molecule has 1 heterocycles. The topological polar surface area (TPSA) is 15.3 Å². The SMILES string of the molecule is Cc1ccc2c(c1)CCCN2CCCCCCNC(C)C. The van der Waals surface area contributed by atoms with Crippen LogP contribution in [0.1, 0.15) is 57.1 Å². The van der Waals surface area contributed by atoms with Gasteiger partial charge in [0.1, 0.15) is 0 Å². The molecule has 0 aromatic heterocycles. The first-order valence-corrected chi connectivity index (χ1v) is 8.74. The normalized spacial score (nSPS) is 14.6. The summed E-state index contributed by atoms with van der Waals surface area (Å²) in [5.41, 5.74) is 4.45. The Kier molecular flexibility index (Phi) is 6.56. The van der Waals surface area contributed by atoms with E-state index < -0.39 is 0 Å². The Labute approximate surface area is 130 Å². The third-order valence-corrected chi connectivity index (χ3v) is 4.36. The molecule has 0 aliphatic carbocycles. The fourth-order valence-electron chi connectivity index (χ4n) is 3.21. The van der Waals surface area contributed by atoms with Crippen LogP contribution in [0.5, 0.6) is 0 Å². The molecule has 1 aliphatic rings. The van der Waals surface area contributed by atoms with Crippen LogP contribution in [0.15, 0.2) is 18.2 Å². The molecule has 0 unspecified atom stereocenters. The lowest BCUT2D eigenvalue weighted by Gasteiger charge is -2.31. The van der Waals surface area contributed by atoms with Crippen molar-refractivity contribution < 1.29 is 0 Å². The van der Waals surface area contributed by atoms with Gasteiger partial charge in [0.25, 0.3) is 0 Å². The van der Waals surface area contributed by atoms with E-state index in [-0.39, 0.29) is 0 Å². The number of benzene rings is 1. The van der Waals surface area contributed by atoms with E-state index in [0.717, 1.165) is 0 Å². The van der Waals surface area contributed by atoms with Gasteiger partial charge in [-0.25, -0.2) is 0 Å². The van der Waals surface area contributed by atoms with Crippen molar-refractivity contribution in [3.63, 3.8) is 0 Å². The minimum absolute atomic E-state index is 0.623. The molecule has 0 fully saturated rings. The van der Waals surface area contributed by atoms with Crippen molar-refractivity contribution in [3.8, 4) is 0 Å². The first-order chi connectivity index (χ1) is 10.2. The Morgan fingerprint density at radius 3 is 2.76 bits per heavy atom. The van der Waals surface area contributed by atoms with Crippen molar-refractivity contribution in [1.82, 2.24) is 5.32 Å². The van der Waals surface area contributed by atoms with E-state index in [2.05, 4.69) is 49.2 Å². The van der Waals surface area contributed by atoms with Gasteiger partial charge in [0.05, 0.1) is 0 Å². The fraction of sp³-hybridized carbons (Fsp3) is 0.684. The molecule has 2 rings (SSSR count). The van der Waals surface area contributed by atoms with Crippen molar-refractivity contribution in [2.24, 2.45) is 0 Å². The van der Waals surface area contributed by atoms with Crippen LogP contribution < -0.4 is 10.2 Å². The van der Waals surface area contributed by atoms with Gasteiger partial charge in [-0.05, 0) is 50.8 Å². The molecule has 0 spiro atoms. The summed E-state index contributed by atoms with van der Waals surface area (Å²) in [5, 5.41) is 3.49. The highest BCUT2D eigenvalue weighted by Gasteiger charge is 2.15. The third-order valence-electron chi connectivity index (χ3n) is 4.36. The molecule has 118 valence electrons. The number of unbranched alkanes of at least 4 members (excludes halogenated alkanes) is 3. The summed E-state index contributed by atoms with van der Waals surface area (Å²) >= 11 is 0. The lowest BCUT2D eigenvalue weighted by atomic mass is 9.99. The predicted molar refractivity (Wildman–Crippen MR) is 93.3 cm³/mol. The van der Waals surface area contributed by atoms with E-state index in [9.17, 15) is 0 Å². The average Bonchev–Trinajstić information content (AvgIpc) is 2.45. The Balaban J connectivity index is 1.68. The molecule has 0 radical (unpaired) electrons. The van der Waals surface area contributed by atoms with Gasteiger partial charge in [-0.2, -0.15) is 0 Å². The van der Waals surface area contributed by atoms with E-state index in [4.69, 9.17) is 0 Å². The van der Waals surface area contributed by atoms with Gasteiger partial charge in [0, 0.05) is 24.8 Å². The second-order valence-corrected chi connectivity index (χ2v) is 6.75. The number of fused-ring (bicyclic) bond motifs is 1. The standard InChI is InChI=1S/C19H32N2/c1-16(2)20-12-6-4-5-7-13-21-14-8-9-18-15-17(3)10-11-19(18)21/h10-11,15-16,20H,4-9,12-14H2,1-3H3. The predicted octanol–water partition coefficient (Wildman–Crippen LogP) is 4.31. The van der Waals surface area contributed by atoms with Crippen LogP contribution in [-0.2, 0) is 6.42 Å². The zero-order valence-electron chi connectivity index (χ0n) is 14.1. The zero-order valence-corrected chi connectivity index (χ0v) is 14.1. The van der Waals surface area contributed by atoms with Crippen LogP contribution in [0.2, 0.25) is 0 Å². The summed E-state index contributed by atoms with van der Waals surface area (Å²) in [4.78, 5) is 2.60. The van der Waals surface area contributed by atoms with Crippen LogP contribution in [0.3, 0.4) is 0 Å². The summed E-state index contributed by atoms with van der Waals surface area (Å²) in [6.07, 6.45) is 7.93. The summed E-state index contributed by atoms with van der Waals surface area (Å²) in [6.45, 7) is 10.3. The summed E-state index contributed by atoms with van der Waals surface area (Å²) < 4.78 is 0. The number of hydrogen-bond donors (Lipinski definition) is 1. The average molecular weight is 288 g/mol. The number of hydrogen-bond acceptors (Lipinski definition) is 2.